The Morgan fingerprint density at radius 1 is 1.19 bits per heavy atom. The summed E-state index contributed by atoms with van der Waals surface area (Å²) < 4.78 is 28.3. The highest BCUT2D eigenvalue weighted by atomic mass is 35.5. The van der Waals surface area contributed by atoms with Crippen molar-refractivity contribution >= 4 is 39.1 Å². The number of amides is 2. The van der Waals surface area contributed by atoms with Gasteiger partial charge in [0.05, 0.1) is 10.6 Å². The second-order valence-electron chi connectivity index (χ2n) is 7.72. The second kappa shape index (κ2) is 8.86. The topological polar surface area (TPSA) is 119 Å². The van der Waals surface area contributed by atoms with Crippen LogP contribution in [0.25, 0.3) is 0 Å². The molecule has 2 aromatic rings. The number of rotatable bonds is 7. The van der Waals surface area contributed by atoms with E-state index in [2.05, 4.69) is 5.32 Å². The number of primary sulfonamides is 1. The predicted molar refractivity (Wildman–Crippen MR) is 118 cm³/mol. The third kappa shape index (κ3) is 5.55. The molecule has 3 rings (SSSR count). The van der Waals surface area contributed by atoms with E-state index in [1.807, 2.05) is 0 Å². The molecule has 0 saturated heterocycles. The number of nitrogens with one attached hydrogen (secondary N) is 1. The van der Waals surface area contributed by atoms with Crippen LogP contribution in [0.4, 0.5) is 5.69 Å². The standard InChI is InChI=1S/C21H24ClN3O5S/c1-21(2)20(27)25(17-13-15(22)5-8-18(17)30-21)12-10-19(26)24-11-9-14-3-6-16(7-4-14)31(23,28)29/h3-8,13H,9-12H2,1-2H3,(H,24,26)(H2,23,28,29). The van der Waals surface area contributed by atoms with Crippen LogP contribution in [0.2, 0.25) is 5.02 Å². The summed E-state index contributed by atoms with van der Waals surface area (Å²) in [7, 11) is -3.73. The number of nitrogens with zero attached hydrogens (tertiary/aromatic N) is 1. The Balaban J connectivity index is 1.56. The largest absolute Gasteiger partial charge is 0.476 e. The SMILES string of the molecule is CC1(C)Oc2ccc(Cl)cc2N(CCC(=O)NCCc2ccc(S(N)(=O)=O)cc2)C1=O. The van der Waals surface area contributed by atoms with Gasteiger partial charge in [0, 0.05) is 24.5 Å². The number of fused-ring (bicyclic) bond motifs is 1. The van der Waals surface area contributed by atoms with E-state index in [9.17, 15) is 18.0 Å². The fourth-order valence-corrected chi connectivity index (χ4v) is 3.94. The van der Waals surface area contributed by atoms with Gasteiger partial charge in [0.25, 0.3) is 5.91 Å². The lowest BCUT2D eigenvalue weighted by molar-refractivity contribution is -0.132. The highest BCUT2D eigenvalue weighted by molar-refractivity contribution is 7.89. The van der Waals surface area contributed by atoms with Crippen LogP contribution in [0.1, 0.15) is 25.8 Å². The summed E-state index contributed by atoms with van der Waals surface area (Å²) in [5.41, 5.74) is 0.362. The molecule has 1 heterocycles. The molecule has 0 aromatic heterocycles. The molecule has 0 fully saturated rings. The summed E-state index contributed by atoms with van der Waals surface area (Å²) in [4.78, 5) is 26.7. The average Bonchev–Trinajstić information content (AvgIpc) is 2.68. The average molecular weight is 466 g/mol. The quantitative estimate of drug-likeness (QED) is 0.650. The van der Waals surface area contributed by atoms with Gasteiger partial charge < -0.3 is 15.0 Å². The number of hydrogen-bond donors (Lipinski definition) is 2. The van der Waals surface area contributed by atoms with E-state index in [1.54, 1.807) is 44.2 Å². The summed E-state index contributed by atoms with van der Waals surface area (Å²) in [5, 5.41) is 8.36. The molecule has 0 saturated carbocycles. The molecular formula is C21H24ClN3O5S. The number of hydrogen-bond acceptors (Lipinski definition) is 5. The van der Waals surface area contributed by atoms with Crippen molar-refractivity contribution in [3.63, 3.8) is 0 Å². The molecular weight excluding hydrogens is 442 g/mol. The van der Waals surface area contributed by atoms with Crippen LogP contribution >= 0.6 is 11.6 Å². The lowest BCUT2D eigenvalue weighted by Gasteiger charge is -2.38. The second-order valence-corrected chi connectivity index (χ2v) is 9.72. The number of anilines is 1. The number of sulfonamides is 1. The number of ether oxygens (including phenoxy) is 1. The van der Waals surface area contributed by atoms with Gasteiger partial charge in [0.2, 0.25) is 15.9 Å². The van der Waals surface area contributed by atoms with E-state index >= 15 is 0 Å². The Kier molecular flexibility index (Phi) is 6.59. The molecule has 1 aliphatic rings. The minimum atomic E-state index is -3.73. The summed E-state index contributed by atoms with van der Waals surface area (Å²) in [6.45, 7) is 3.93. The zero-order valence-electron chi connectivity index (χ0n) is 17.2. The van der Waals surface area contributed by atoms with Crippen LogP contribution in [-0.2, 0) is 26.0 Å². The molecule has 3 N–H and O–H groups in total. The molecule has 8 nitrogen and oxygen atoms in total. The van der Waals surface area contributed by atoms with Gasteiger partial charge in [-0.15, -0.1) is 0 Å². The van der Waals surface area contributed by atoms with Crippen molar-refractivity contribution in [1.82, 2.24) is 5.32 Å². The molecule has 10 heteroatoms. The Hall–Kier alpha value is -2.62. The molecule has 0 atom stereocenters. The molecule has 0 unspecified atom stereocenters. The minimum Gasteiger partial charge on any atom is -0.476 e. The van der Waals surface area contributed by atoms with Gasteiger partial charge in [-0.05, 0) is 56.2 Å². The Labute approximate surface area is 186 Å². The van der Waals surface area contributed by atoms with Crippen molar-refractivity contribution < 1.29 is 22.7 Å². The van der Waals surface area contributed by atoms with Crippen LogP contribution in [0.15, 0.2) is 47.4 Å². The monoisotopic (exact) mass is 465 g/mol. The fraction of sp³-hybridized carbons (Fsp3) is 0.333. The molecule has 2 aromatic carbocycles. The Morgan fingerprint density at radius 2 is 1.87 bits per heavy atom. The van der Waals surface area contributed by atoms with Gasteiger partial charge >= 0.3 is 0 Å². The first-order chi connectivity index (χ1) is 14.5. The smallest absolute Gasteiger partial charge is 0.270 e. The van der Waals surface area contributed by atoms with E-state index in [-0.39, 0.29) is 29.7 Å². The highest BCUT2D eigenvalue weighted by Gasteiger charge is 2.40. The predicted octanol–water partition coefficient (Wildman–Crippen LogP) is 2.24. The van der Waals surface area contributed by atoms with Gasteiger partial charge in [0.1, 0.15) is 5.75 Å². The zero-order chi connectivity index (χ0) is 22.8. The van der Waals surface area contributed by atoms with Crippen molar-refractivity contribution in [2.24, 2.45) is 5.14 Å². The molecule has 2 amide bonds. The summed E-state index contributed by atoms with van der Waals surface area (Å²) in [6.07, 6.45) is 0.636. The lowest BCUT2D eigenvalue weighted by atomic mass is 10.0. The van der Waals surface area contributed by atoms with Gasteiger partial charge in [-0.2, -0.15) is 0 Å². The third-order valence-corrected chi connectivity index (χ3v) is 6.05. The molecule has 0 radical (unpaired) electrons. The maximum atomic E-state index is 12.8. The first-order valence-electron chi connectivity index (χ1n) is 9.66. The van der Waals surface area contributed by atoms with Crippen molar-refractivity contribution in [2.75, 3.05) is 18.0 Å². The van der Waals surface area contributed by atoms with E-state index in [4.69, 9.17) is 21.5 Å². The highest BCUT2D eigenvalue weighted by Crippen LogP contribution is 2.39. The van der Waals surface area contributed by atoms with E-state index in [0.717, 1.165) is 5.56 Å². The van der Waals surface area contributed by atoms with Gasteiger partial charge in [-0.3, -0.25) is 9.59 Å². The number of halogens is 1. The zero-order valence-corrected chi connectivity index (χ0v) is 18.8. The number of carbonyl (C=O) groups is 2. The van der Waals surface area contributed by atoms with E-state index < -0.39 is 15.6 Å². The van der Waals surface area contributed by atoms with Crippen molar-refractivity contribution in [2.45, 2.75) is 37.2 Å². The van der Waals surface area contributed by atoms with Crippen LogP contribution in [0.3, 0.4) is 0 Å². The molecule has 166 valence electrons. The first kappa shape index (κ1) is 23.1. The maximum Gasteiger partial charge on any atom is 0.270 e. The molecule has 0 bridgehead atoms. The minimum absolute atomic E-state index is 0.0405. The number of benzene rings is 2. The molecule has 31 heavy (non-hydrogen) atoms. The Bertz CT molecular complexity index is 1100. The fourth-order valence-electron chi connectivity index (χ4n) is 3.26. The van der Waals surface area contributed by atoms with E-state index in [0.29, 0.717) is 29.4 Å². The van der Waals surface area contributed by atoms with Gasteiger partial charge in [-0.1, -0.05) is 23.7 Å². The van der Waals surface area contributed by atoms with Crippen LogP contribution in [0, 0.1) is 0 Å². The van der Waals surface area contributed by atoms with Crippen LogP contribution in [-0.4, -0.2) is 38.9 Å². The van der Waals surface area contributed by atoms with Crippen LogP contribution < -0.4 is 20.1 Å². The molecule has 1 aliphatic heterocycles. The lowest BCUT2D eigenvalue weighted by Crippen LogP contribution is -2.53. The molecule has 0 aliphatic carbocycles. The van der Waals surface area contributed by atoms with Gasteiger partial charge in [0.15, 0.2) is 5.60 Å². The van der Waals surface area contributed by atoms with Crippen molar-refractivity contribution in [3.8, 4) is 5.75 Å². The van der Waals surface area contributed by atoms with E-state index in [1.165, 1.54) is 17.0 Å². The van der Waals surface area contributed by atoms with Crippen LogP contribution in [0.5, 0.6) is 5.75 Å². The third-order valence-electron chi connectivity index (χ3n) is 4.89. The summed E-state index contributed by atoms with van der Waals surface area (Å²) >= 11 is 6.07. The molecule has 0 spiro atoms. The van der Waals surface area contributed by atoms with Crippen molar-refractivity contribution in [3.05, 3.63) is 53.1 Å². The maximum absolute atomic E-state index is 12.8. The van der Waals surface area contributed by atoms with Gasteiger partial charge in [-0.25, -0.2) is 13.6 Å². The summed E-state index contributed by atoms with van der Waals surface area (Å²) in [5.74, 6) is 0.0872. The summed E-state index contributed by atoms with van der Waals surface area (Å²) in [6, 6.07) is 11.2. The normalized spacial score (nSPS) is 15.2. The number of nitrogens with two attached hydrogens (primary N) is 1. The first-order valence-corrected chi connectivity index (χ1v) is 11.6. The number of carbonyl (C=O) groups excluding carboxylic acids is 2. The van der Waals surface area contributed by atoms with Crippen molar-refractivity contribution in [1.29, 1.82) is 0 Å². The Morgan fingerprint density at radius 3 is 2.52 bits per heavy atom.